The topological polar surface area (TPSA) is 3.01 Å². The fraction of sp³-hybridized carbons (Fsp3) is 0. The standard InChI is InChI=1S/C7H9IN/c1-3-5-7-9(8)6-4-2/h3-7H,1-2H2/q+1/b7-5-,9-6+. The highest BCUT2D eigenvalue weighted by atomic mass is 127. The minimum atomic E-state index is 1.72. The van der Waals surface area contributed by atoms with Gasteiger partial charge in [-0.3, -0.25) is 0 Å². The lowest BCUT2D eigenvalue weighted by atomic mass is 10.6. The number of hydrogen-bond donors (Lipinski definition) is 0. The van der Waals surface area contributed by atoms with Crippen molar-refractivity contribution >= 4 is 29.1 Å². The molecule has 0 atom stereocenters. The average Bonchev–Trinajstić information content (AvgIpc) is 1.85. The fourth-order valence-electron chi connectivity index (χ4n) is 0.293. The molecule has 0 fully saturated rings. The normalized spacial score (nSPS) is 11.9. The summed E-state index contributed by atoms with van der Waals surface area (Å²) >= 11 is 2.14. The van der Waals surface area contributed by atoms with E-state index in [0.29, 0.717) is 0 Å². The Morgan fingerprint density at radius 3 is 2.33 bits per heavy atom. The zero-order valence-corrected chi connectivity index (χ0v) is 7.28. The second-order valence-corrected chi connectivity index (χ2v) is 2.42. The summed E-state index contributed by atoms with van der Waals surface area (Å²) in [7, 11) is 0. The molecule has 1 nitrogen and oxygen atoms in total. The average molecular weight is 234 g/mol. The van der Waals surface area contributed by atoms with Gasteiger partial charge in [-0.2, -0.15) is 0 Å². The van der Waals surface area contributed by atoms with Crippen LogP contribution in [0.5, 0.6) is 0 Å². The van der Waals surface area contributed by atoms with E-state index in [-0.39, 0.29) is 0 Å². The number of allylic oxidation sites excluding steroid dienone is 3. The lowest BCUT2D eigenvalue weighted by Crippen LogP contribution is -1.83. The van der Waals surface area contributed by atoms with Gasteiger partial charge in [0.15, 0.2) is 12.4 Å². The molecule has 9 heavy (non-hydrogen) atoms. The lowest BCUT2D eigenvalue weighted by molar-refractivity contribution is -0.192. The van der Waals surface area contributed by atoms with Gasteiger partial charge in [-0.25, -0.2) is 0 Å². The molecule has 0 saturated carbocycles. The molecule has 0 aliphatic carbocycles. The van der Waals surface area contributed by atoms with E-state index in [1.54, 1.807) is 12.2 Å². The molecule has 0 N–H and O–H groups in total. The van der Waals surface area contributed by atoms with E-state index in [4.69, 9.17) is 0 Å². The third kappa shape index (κ3) is 5.49. The zero-order valence-electron chi connectivity index (χ0n) is 5.13. The summed E-state index contributed by atoms with van der Waals surface area (Å²) < 4.78 is 1.87. The maximum atomic E-state index is 3.55. The zero-order chi connectivity index (χ0) is 7.11. The quantitative estimate of drug-likeness (QED) is 0.305. The first-order chi connectivity index (χ1) is 4.31. The van der Waals surface area contributed by atoms with Crippen LogP contribution in [0.3, 0.4) is 0 Å². The van der Waals surface area contributed by atoms with Crippen molar-refractivity contribution in [1.29, 1.82) is 0 Å². The van der Waals surface area contributed by atoms with Gasteiger partial charge in [0.2, 0.25) is 0 Å². The van der Waals surface area contributed by atoms with Crippen molar-refractivity contribution in [2.75, 3.05) is 0 Å². The molecule has 0 unspecified atom stereocenters. The fourth-order valence-corrected chi connectivity index (χ4v) is 0.707. The van der Waals surface area contributed by atoms with Gasteiger partial charge in [0, 0.05) is 6.08 Å². The van der Waals surface area contributed by atoms with Gasteiger partial charge in [0.25, 0.3) is 0 Å². The Bertz CT molecular complexity index is 156. The Balaban J connectivity index is 3.88. The molecule has 0 aromatic rings. The van der Waals surface area contributed by atoms with Crippen molar-refractivity contribution in [1.82, 2.24) is 0 Å². The van der Waals surface area contributed by atoms with Crippen molar-refractivity contribution in [3.8, 4) is 0 Å². The van der Waals surface area contributed by atoms with Crippen LogP contribution in [0.1, 0.15) is 0 Å². The SMILES string of the molecule is C=C/C=C\[N+](I)=C/C=C. The summed E-state index contributed by atoms with van der Waals surface area (Å²) in [4.78, 5) is 0. The summed E-state index contributed by atoms with van der Waals surface area (Å²) in [5, 5.41) is 0. The number of nitrogens with zero attached hydrogens (tertiary/aromatic N) is 1. The lowest BCUT2D eigenvalue weighted by Gasteiger charge is -1.74. The maximum Gasteiger partial charge on any atom is 0.353 e. The molecule has 0 aromatic carbocycles. The van der Waals surface area contributed by atoms with E-state index >= 15 is 0 Å². The first-order valence-electron chi connectivity index (χ1n) is 2.50. The van der Waals surface area contributed by atoms with Crippen LogP contribution in [0.2, 0.25) is 0 Å². The van der Waals surface area contributed by atoms with Gasteiger partial charge in [0.1, 0.15) is 0 Å². The maximum absolute atomic E-state index is 3.55. The molecule has 0 radical (unpaired) electrons. The molecule has 0 heterocycles. The van der Waals surface area contributed by atoms with Crippen LogP contribution in [0.4, 0.5) is 0 Å². The molecule has 48 valence electrons. The van der Waals surface area contributed by atoms with Gasteiger partial charge in [-0.1, -0.05) is 19.2 Å². The van der Waals surface area contributed by atoms with Crippen LogP contribution in [0.25, 0.3) is 0 Å². The third-order valence-electron chi connectivity index (χ3n) is 0.612. The molecule has 0 bridgehead atoms. The van der Waals surface area contributed by atoms with Crippen LogP contribution < -0.4 is 0 Å². The predicted octanol–water partition coefficient (Wildman–Crippen LogP) is 2.31. The highest BCUT2D eigenvalue weighted by Gasteiger charge is 1.83. The van der Waals surface area contributed by atoms with Crippen molar-refractivity contribution in [3.05, 3.63) is 37.6 Å². The molecule has 0 aliphatic rings. The highest BCUT2D eigenvalue weighted by Crippen LogP contribution is 1.87. The second-order valence-electron chi connectivity index (χ2n) is 1.31. The molecule has 0 aromatic heterocycles. The van der Waals surface area contributed by atoms with Gasteiger partial charge >= 0.3 is 22.9 Å². The Kier molecular flexibility index (Phi) is 5.51. The predicted molar refractivity (Wildman–Crippen MR) is 49.9 cm³/mol. The van der Waals surface area contributed by atoms with Crippen molar-refractivity contribution < 1.29 is 2.79 Å². The molecular weight excluding hydrogens is 225 g/mol. The van der Waals surface area contributed by atoms with Gasteiger partial charge in [0.05, 0.1) is 0 Å². The number of halogens is 1. The molecule has 0 aliphatic heterocycles. The van der Waals surface area contributed by atoms with Crippen LogP contribution >= 0.6 is 22.9 Å². The van der Waals surface area contributed by atoms with Gasteiger partial charge < -0.3 is 0 Å². The summed E-state index contributed by atoms with van der Waals surface area (Å²) in [5.74, 6) is 0. The minimum absolute atomic E-state index is 1.72. The highest BCUT2D eigenvalue weighted by molar-refractivity contribution is 14.1. The molecule has 0 amide bonds. The molecule has 2 heteroatoms. The Labute approximate surface area is 69.6 Å². The summed E-state index contributed by atoms with van der Waals surface area (Å²) in [6.07, 6.45) is 9.03. The summed E-state index contributed by atoms with van der Waals surface area (Å²) in [5.41, 5.74) is 0. The van der Waals surface area contributed by atoms with E-state index in [1.807, 2.05) is 21.3 Å². The van der Waals surface area contributed by atoms with E-state index in [9.17, 15) is 0 Å². The Morgan fingerprint density at radius 2 is 1.89 bits per heavy atom. The summed E-state index contributed by atoms with van der Waals surface area (Å²) in [6, 6.07) is 0. The minimum Gasteiger partial charge on any atom is -0.144 e. The third-order valence-corrected chi connectivity index (χ3v) is 1.26. The summed E-state index contributed by atoms with van der Waals surface area (Å²) in [6.45, 7) is 7.08. The molecule has 0 rings (SSSR count). The van der Waals surface area contributed by atoms with Crippen molar-refractivity contribution in [3.63, 3.8) is 0 Å². The monoisotopic (exact) mass is 234 g/mol. The molecular formula is C7H9IN+. The Hall–Kier alpha value is -0.380. The van der Waals surface area contributed by atoms with Crippen LogP contribution in [0, 0.1) is 0 Å². The Morgan fingerprint density at radius 1 is 1.22 bits per heavy atom. The van der Waals surface area contributed by atoms with Crippen LogP contribution in [0.15, 0.2) is 37.6 Å². The van der Waals surface area contributed by atoms with Crippen LogP contribution in [-0.2, 0) is 0 Å². The smallest absolute Gasteiger partial charge is 0.144 e. The second kappa shape index (κ2) is 5.75. The van der Waals surface area contributed by atoms with Gasteiger partial charge in [-0.05, 0) is 6.08 Å². The van der Waals surface area contributed by atoms with Crippen LogP contribution in [-0.4, -0.2) is 9.00 Å². The number of hydrogen-bond acceptors (Lipinski definition) is 0. The van der Waals surface area contributed by atoms with Crippen molar-refractivity contribution in [2.24, 2.45) is 0 Å². The van der Waals surface area contributed by atoms with E-state index in [1.165, 1.54) is 0 Å². The first-order valence-corrected chi connectivity index (χ1v) is 3.47. The number of rotatable bonds is 3. The first kappa shape index (κ1) is 8.62. The van der Waals surface area contributed by atoms with E-state index in [2.05, 4.69) is 36.0 Å². The van der Waals surface area contributed by atoms with Gasteiger partial charge in [-0.15, -0.1) is 2.79 Å². The van der Waals surface area contributed by atoms with E-state index < -0.39 is 0 Å². The van der Waals surface area contributed by atoms with E-state index in [0.717, 1.165) is 0 Å². The molecule has 0 spiro atoms. The molecule has 0 saturated heterocycles. The largest absolute Gasteiger partial charge is 0.353 e. The van der Waals surface area contributed by atoms with Crippen molar-refractivity contribution in [2.45, 2.75) is 0 Å².